The minimum Gasteiger partial charge on any atom is -0.336 e. The van der Waals surface area contributed by atoms with Gasteiger partial charge >= 0.3 is 0 Å². The summed E-state index contributed by atoms with van der Waals surface area (Å²) in [5, 5.41) is 11.2. The summed E-state index contributed by atoms with van der Waals surface area (Å²) in [6.45, 7) is 1.55. The number of aromatic amines is 2. The van der Waals surface area contributed by atoms with Crippen LogP contribution in [-0.2, 0) is 0 Å². The molecule has 0 bridgehead atoms. The van der Waals surface area contributed by atoms with Gasteiger partial charge in [0.1, 0.15) is 16.9 Å². The standard InChI is InChI=1S/C30H20N8O2S/c1-16(39)23-7-8-24(41-23)27-26-22(9-10-32-27)35-29(36-26)25-21-12-19(14-33-28(21)38-37-25)18-11-20(15-31-13-18)34-30(40)17-5-3-2-4-6-17/h2-15H,1H3,(H,34,40)(H,35,36)(H,33,37,38). The number of carbonyl (C=O) groups is 2. The third kappa shape index (κ3) is 4.53. The monoisotopic (exact) mass is 556 g/mol. The Labute approximate surface area is 236 Å². The van der Waals surface area contributed by atoms with Crippen molar-refractivity contribution in [1.29, 1.82) is 0 Å². The molecule has 0 aliphatic carbocycles. The third-order valence-electron chi connectivity index (χ3n) is 6.59. The van der Waals surface area contributed by atoms with Gasteiger partial charge in [-0.05, 0) is 49.4 Å². The predicted octanol–water partition coefficient (Wildman–Crippen LogP) is 6.14. The second-order valence-electron chi connectivity index (χ2n) is 9.34. The van der Waals surface area contributed by atoms with E-state index in [1.807, 2.05) is 48.5 Å². The minimum absolute atomic E-state index is 0.0155. The number of H-pyrrole nitrogens is 2. The molecule has 7 aromatic rings. The van der Waals surface area contributed by atoms with Crippen molar-refractivity contribution in [3.8, 4) is 33.2 Å². The zero-order valence-electron chi connectivity index (χ0n) is 21.5. The topological polar surface area (TPSA) is 142 Å². The van der Waals surface area contributed by atoms with Crippen LogP contribution >= 0.6 is 11.3 Å². The number of thiophene rings is 1. The first-order valence-electron chi connectivity index (χ1n) is 12.7. The van der Waals surface area contributed by atoms with Crippen LogP contribution in [0.25, 0.3) is 55.3 Å². The van der Waals surface area contributed by atoms with E-state index in [0.29, 0.717) is 44.5 Å². The summed E-state index contributed by atoms with van der Waals surface area (Å²) < 4.78 is 0. The van der Waals surface area contributed by atoms with Crippen molar-refractivity contribution in [3.63, 3.8) is 0 Å². The van der Waals surface area contributed by atoms with Crippen LogP contribution in [0, 0.1) is 0 Å². The van der Waals surface area contributed by atoms with Gasteiger partial charge in [-0.15, -0.1) is 11.3 Å². The lowest BCUT2D eigenvalue weighted by Gasteiger charge is -2.07. The van der Waals surface area contributed by atoms with Crippen LogP contribution in [0.3, 0.4) is 0 Å². The number of nitrogens with one attached hydrogen (secondary N) is 3. The number of carbonyl (C=O) groups excluding carboxylic acids is 2. The highest BCUT2D eigenvalue weighted by molar-refractivity contribution is 7.17. The van der Waals surface area contributed by atoms with Crippen molar-refractivity contribution in [2.45, 2.75) is 6.92 Å². The maximum atomic E-state index is 12.6. The molecular formula is C30H20N8O2S. The SMILES string of the molecule is CC(=O)c1ccc(-c2nccc3[nH]c(-c4n[nH]c5ncc(-c6cncc(NC(=O)c7ccccc7)c6)cc45)nc23)s1. The van der Waals surface area contributed by atoms with Gasteiger partial charge in [0.2, 0.25) is 0 Å². The largest absolute Gasteiger partial charge is 0.336 e. The Bertz CT molecular complexity index is 2090. The summed E-state index contributed by atoms with van der Waals surface area (Å²) in [6.07, 6.45) is 6.77. The Balaban J connectivity index is 1.24. The van der Waals surface area contributed by atoms with Crippen molar-refractivity contribution in [1.82, 2.24) is 35.1 Å². The quantitative estimate of drug-likeness (QED) is 0.209. The molecule has 10 nitrogen and oxygen atoms in total. The summed E-state index contributed by atoms with van der Waals surface area (Å²) >= 11 is 1.39. The van der Waals surface area contributed by atoms with Gasteiger partial charge in [-0.25, -0.2) is 9.97 Å². The Kier molecular flexibility index (Phi) is 5.90. The average Bonchev–Trinajstić information content (AvgIpc) is 3.75. The molecule has 7 rings (SSSR count). The van der Waals surface area contributed by atoms with Gasteiger partial charge in [0, 0.05) is 35.3 Å². The summed E-state index contributed by atoms with van der Waals surface area (Å²) in [6, 6.07) is 18.4. The number of rotatable bonds is 6. The molecule has 0 unspecified atom stereocenters. The molecule has 3 N–H and O–H groups in total. The number of anilines is 1. The molecule has 1 aromatic carbocycles. The smallest absolute Gasteiger partial charge is 0.255 e. The molecule has 41 heavy (non-hydrogen) atoms. The first-order valence-corrected chi connectivity index (χ1v) is 13.5. The van der Waals surface area contributed by atoms with E-state index in [4.69, 9.17) is 4.98 Å². The van der Waals surface area contributed by atoms with Crippen LogP contribution in [0.1, 0.15) is 27.0 Å². The predicted molar refractivity (Wildman–Crippen MR) is 158 cm³/mol. The van der Waals surface area contributed by atoms with Crippen LogP contribution in [0.4, 0.5) is 5.69 Å². The Morgan fingerprint density at radius 2 is 1.76 bits per heavy atom. The molecule has 6 heterocycles. The second kappa shape index (κ2) is 9.88. The molecule has 0 atom stereocenters. The Hall–Kier alpha value is -5.55. The van der Waals surface area contributed by atoms with E-state index in [9.17, 15) is 9.59 Å². The number of imidazole rings is 1. The van der Waals surface area contributed by atoms with E-state index in [1.165, 1.54) is 11.3 Å². The second-order valence-corrected chi connectivity index (χ2v) is 10.4. The lowest BCUT2D eigenvalue weighted by molar-refractivity contribution is 0.101. The Morgan fingerprint density at radius 3 is 2.59 bits per heavy atom. The maximum absolute atomic E-state index is 12.6. The fourth-order valence-corrected chi connectivity index (χ4v) is 5.48. The van der Waals surface area contributed by atoms with E-state index >= 15 is 0 Å². The zero-order valence-corrected chi connectivity index (χ0v) is 22.4. The van der Waals surface area contributed by atoms with Gasteiger partial charge < -0.3 is 10.3 Å². The normalized spacial score (nSPS) is 11.2. The van der Waals surface area contributed by atoms with Crippen LogP contribution in [0.5, 0.6) is 0 Å². The van der Waals surface area contributed by atoms with Crippen molar-refractivity contribution in [2.24, 2.45) is 0 Å². The van der Waals surface area contributed by atoms with E-state index < -0.39 is 0 Å². The number of aromatic nitrogens is 7. The van der Waals surface area contributed by atoms with Crippen molar-refractivity contribution >= 4 is 50.8 Å². The minimum atomic E-state index is -0.214. The molecule has 1 amide bonds. The van der Waals surface area contributed by atoms with Gasteiger partial charge in [-0.1, -0.05) is 18.2 Å². The number of benzene rings is 1. The summed E-state index contributed by atoms with van der Waals surface area (Å²) in [5.41, 5.74) is 6.11. The van der Waals surface area contributed by atoms with E-state index in [-0.39, 0.29) is 11.7 Å². The molecule has 11 heteroatoms. The number of nitrogens with zero attached hydrogens (tertiary/aromatic N) is 5. The van der Waals surface area contributed by atoms with Gasteiger partial charge in [0.15, 0.2) is 17.3 Å². The molecule has 0 saturated heterocycles. The van der Waals surface area contributed by atoms with E-state index in [0.717, 1.165) is 26.9 Å². The average molecular weight is 557 g/mol. The number of pyridine rings is 3. The summed E-state index contributed by atoms with van der Waals surface area (Å²) in [5.74, 6) is 0.362. The van der Waals surface area contributed by atoms with Crippen molar-refractivity contribution < 1.29 is 9.59 Å². The van der Waals surface area contributed by atoms with Crippen LogP contribution in [0.2, 0.25) is 0 Å². The Morgan fingerprint density at radius 1 is 0.902 bits per heavy atom. The fraction of sp³-hybridized carbons (Fsp3) is 0.0333. The molecule has 198 valence electrons. The number of ketones is 1. The fourth-order valence-electron chi connectivity index (χ4n) is 4.58. The first kappa shape index (κ1) is 24.5. The molecule has 0 fully saturated rings. The van der Waals surface area contributed by atoms with Crippen LogP contribution < -0.4 is 5.32 Å². The van der Waals surface area contributed by atoms with Gasteiger partial charge in [0.25, 0.3) is 5.91 Å². The van der Waals surface area contributed by atoms with Gasteiger partial charge in [-0.2, -0.15) is 5.10 Å². The van der Waals surface area contributed by atoms with Crippen LogP contribution in [-0.4, -0.2) is 46.8 Å². The zero-order chi connectivity index (χ0) is 27.9. The molecule has 0 spiro atoms. The molecular weight excluding hydrogens is 536 g/mol. The third-order valence-corrected chi connectivity index (χ3v) is 7.79. The number of fused-ring (bicyclic) bond motifs is 2. The van der Waals surface area contributed by atoms with E-state index in [1.54, 1.807) is 43.8 Å². The highest BCUT2D eigenvalue weighted by Crippen LogP contribution is 2.34. The highest BCUT2D eigenvalue weighted by Gasteiger charge is 2.18. The van der Waals surface area contributed by atoms with E-state index in [2.05, 4.69) is 35.5 Å². The number of amides is 1. The first-order chi connectivity index (χ1) is 20.0. The summed E-state index contributed by atoms with van der Waals surface area (Å²) in [4.78, 5) is 47.6. The van der Waals surface area contributed by atoms with Gasteiger partial charge in [-0.3, -0.25) is 24.7 Å². The molecule has 0 saturated carbocycles. The molecule has 0 radical (unpaired) electrons. The molecule has 0 aliphatic heterocycles. The van der Waals surface area contributed by atoms with Crippen molar-refractivity contribution in [3.05, 3.63) is 95.9 Å². The summed E-state index contributed by atoms with van der Waals surface area (Å²) in [7, 11) is 0. The highest BCUT2D eigenvalue weighted by atomic mass is 32.1. The van der Waals surface area contributed by atoms with Gasteiger partial charge in [0.05, 0.1) is 32.5 Å². The number of hydrogen-bond donors (Lipinski definition) is 3. The lowest BCUT2D eigenvalue weighted by Crippen LogP contribution is -2.11. The van der Waals surface area contributed by atoms with Crippen molar-refractivity contribution in [2.75, 3.05) is 5.32 Å². The number of Topliss-reactive ketones (excluding diaryl/α,β-unsaturated/α-hetero) is 1. The number of hydrogen-bond acceptors (Lipinski definition) is 8. The molecule has 6 aromatic heterocycles. The van der Waals surface area contributed by atoms with Crippen LogP contribution in [0.15, 0.2) is 85.5 Å². The maximum Gasteiger partial charge on any atom is 0.255 e. The lowest BCUT2D eigenvalue weighted by atomic mass is 10.1. The molecule has 0 aliphatic rings.